The summed E-state index contributed by atoms with van der Waals surface area (Å²) in [6.07, 6.45) is 1.46. The van der Waals surface area contributed by atoms with E-state index in [2.05, 4.69) is 27.0 Å². The SMILES string of the molecule is CCOc1ccc([C@H]2C(C(=O)OC(C)C)=C(C)N=c3s/c(=C/c4ccc(OCc5ccccc5C#N)c(Br)c4)c(=O)n32)cc1. The number of ether oxygens (including phenoxy) is 3. The highest BCUT2D eigenvalue weighted by Crippen LogP contribution is 2.32. The lowest BCUT2D eigenvalue weighted by atomic mass is 9.96. The Bertz CT molecular complexity index is 1970. The summed E-state index contributed by atoms with van der Waals surface area (Å²) in [7, 11) is 0. The van der Waals surface area contributed by atoms with Gasteiger partial charge in [-0.25, -0.2) is 9.79 Å². The Kier molecular flexibility index (Phi) is 9.47. The quantitative estimate of drug-likeness (QED) is 0.209. The van der Waals surface area contributed by atoms with Gasteiger partial charge in [0, 0.05) is 5.56 Å². The molecule has 0 fully saturated rings. The van der Waals surface area contributed by atoms with Crippen LogP contribution in [0.15, 0.2) is 92.3 Å². The highest BCUT2D eigenvalue weighted by molar-refractivity contribution is 9.10. The van der Waals surface area contributed by atoms with Gasteiger partial charge in [0.25, 0.3) is 5.56 Å². The summed E-state index contributed by atoms with van der Waals surface area (Å²) in [6.45, 7) is 8.02. The van der Waals surface area contributed by atoms with Gasteiger partial charge < -0.3 is 14.2 Å². The van der Waals surface area contributed by atoms with Crippen molar-refractivity contribution in [2.24, 2.45) is 4.99 Å². The minimum absolute atomic E-state index is 0.243. The third-order valence-corrected chi connectivity index (χ3v) is 8.47. The van der Waals surface area contributed by atoms with E-state index >= 15 is 0 Å². The van der Waals surface area contributed by atoms with Crippen molar-refractivity contribution in [1.82, 2.24) is 4.57 Å². The Labute approximate surface area is 267 Å². The van der Waals surface area contributed by atoms with Crippen LogP contribution in [-0.4, -0.2) is 23.2 Å². The second-order valence-electron chi connectivity index (χ2n) is 10.3. The van der Waals surface area contributed by atoms with Crippen LogP contribution in [0.25, 0.3) is 6.08 Å². The summed E-state index contributed by atoms with van der Waals surface area (Å²) < 4.78 is 19.9. The predicted molar refractivity (Wildman–Crippen MR) is 172 cm³/mol. The monoisotopic (exact) mass is 671 g/mol. The van der Waals surface area contributed by atoms with E-state index in [-0.39, 0.29) is 18.3 Å². The van der Waals surface area contributed by atoms with Crippen molar-refractivity contribution in [3.05, 3.63) is 124 Å². The standard InChI is InChI=1S/C34H30BrN3O5S/c1-5-41-26-13-11-23(12-14-26)31-30(33(40)43-20(2)3)21(4)37-34-38(31)32(39)29(44-34)17-22-10-15-28(27(35)16-22)42-19-25-9-7-6-8-24(25)18-36/h6-17,20,31H,5,19H2,1-4H3/b29-17+/t31-/m0/s1. The lowest BCUT2D eigenvalue weighted by Gasteiger charge is -2.25. The van der Waals surface area contributed by atoms with Crippen molar-refractivity contribution < 1.29 is 19.0 Å². The average Bonchev–Trinajstić information content (AvgIpc) is 3.30. The van der Waals surface area contributed by atoms with Gasteiger partial charge in [0.1, 0.15) is 18.1 Å². The number of nitrogens with zero attached hydrogens (tertiary/aromatic N) is 3. The first-order chi connectivity index (χ1) is 21.2. The smallest absolute Gasteiger partial charge is 0.338 e. The molecule has 1 aliphatic heterocycles. The Hall–Kier alpha value is -4.46. The summed E-state index contributed by atoms with van der Waals surface area (Å²) in [5.41, 5.74) is 3.44. The van der Waals surface area contributed by atoms with Gasteiger partial charge in [0.15, 0.2) is 4.80 Å². The van der Waals surface area contributed by atoms with Crippen LogP contribution < -0.4 is 24.4 Å². The number of aromatic nitrogens is 1. The van der Waals surface area contributed by atoms with Crippen LogP contribution in [0.2, 0.25) is 0 Å². The van der Waals surface area contributed by atoms with E-state index in [1.54, 1.807) is 37.5 Å². The molecule has 0 saturated heterocycles. The molecule has 3 aromatic carbocycles. The van der Waals surface area contributed by atoms with Gasteiger partial charge in [-0.1, -0.05) is 47.7 Å². The van der Waals surface area contributed by atoms with E-state index in [9.17, 15) is 14.9 Å². The zero-order valence-corrected chi connectivity index (χ0v) is 27.1. The molecular weight excluding hydrogens is 642 g/mol. The Morgan fingerprint density at radius 3 is 2.57 bits per heavy atom. The van der Waals surface area contributed by atoms with Crippen LogP contribution in [0, 0.1) is 11.3 Å². The van der Waals surface area contributed by atoms with Crippen molar-refractivity contribution in [3.8, 4) is 17.6 Å². The van der Waals surface area contributed by atoms with Gasteiger partial charge in [0.05, 0.1) is 50.7 Å². The summed E-state index contributed by atoms with van der Waals surface area (Å²) in [6, 6.07) is 21.7. The molecule has 5 rings (SSSR count). The highest BCUT2D eigenvalue weighted by Gasteiger charge is 2.33. The molecule has 2 heterocycles. The van der Waals surface area contributed by atoms with E-state index in [4.69, 9.17) is 14.2 Å². The number of nitriles is 1. The fraction of sp³-hybridized carbons (Fsp3) is 0.235. The van der Waals surface area contributed by atoms with Crippen LogP contribution in [0.1, 0.15) is 56.0 Å². The highest BCUT2D eigenvalue weighted by atomic mass is 79.9. The lowest BCUT2D eigenvalue weighted by molar-refractivity contribution is -0.143. The summed E-state index contributed by atoms with van der Waals surface area (Å²) in [4.78, 5) is 32.4. The topological polar surface area (TPSA) is 103 Å². The number of benzene rings is 3. The molecule has 0 spiro atoms. The molecule has 0 unspecified atom stereocenters. The van der Waals surface area contributed by atoms with Crippen LogP contribution in [0.4, 0.5) is 0 Å². The summed E-state index contributed by atoms with van der Waals surface area (Å²) in [5.74, 6) is 0.796. The number of hydrogen-bond acceptors (Lipinski definition) is 8. The molecule has 0 amide bonds. The number of allylic oxidation sites excluding steroid dienone is 1. The van der Waals surface area contributed by atoms with Crippen LogP contribution >= 0.6 is 27.3 Å². The maximum atomic E-state index is 14.0. The number of fused-ring (bicyclic) bond motifs is 1. The number of carbonyl (C=O) groups excluding carboxylic acids is 1. The third kappa shape index (κ3) is 6.54. The second-order valence-corrected chi connectivity index (χ2v) is 12.1. The first-order valence-electron chi connectivity index (χ1n) is 14.1. The fourth-order valence-electron chi connectivity index (χ4n) is 4.87. The molecule has 8 nitrogen and oxygen atoms in total. The lowest BCUT2D eigenvalue weighted by Crippen LogP contribution is -2.40. The number of carbonyl (C=O) groups is 1. The van der Waals surface area contributed by atoms with E-state index < -0.39 is 12.0 Å². The second kappa shape index (κ2) is 13.5. The molecule has 4 aromatic rings. The Morgan fingerprint density at radius 1 is 1.14 bits per heavy atom. The third-order valence-electron chi connectivity index (χ3n) is 6.87. The van der Waals surface area contributed by atoms with Gasteiger partial charge in [-0.05, 0) is 91.2 Å². The fourth-order valence-corrected chi connectivity index (χ4v) is 6.43. The van der Waals surface area contributed by atoms with Gasteiger partial charge in [-0.2, -0.15) is 5.26 Å². The number of esters is 1. The minimum atomic E-state index is -0.714. The molecule has 0 N–H and O–H groups in total. The van der Waals surface area contributed by atoms with Crippen molar-refractivity contribution >= 4 is 39.3 Å². The van der Waals surface area contributed by atoms with Gasteiger partial charge in [0.2, 0.25) is 0 Å². The first-order valence-corrected chi connectivity index (χ1v) is 15.7. The largest absolute Gasteiger partial charge is 0.494 e. The molecule has 1 aromatic heterocycles. The minimum Gasteiger partial charge on any atom is -0.494 e. The molecule has 0 aliphatic carbocycles. The molecule has 1 aliphatic rings. The zero-order chi connectivity index (χ0) is 31.4. The maximum Gasteiger partial charge on any atom is 0.338 e. The maximum absolute atomic E-state index is 14.0. The Morgan fingerprint density at radius 2 is 1.89 bits per heavy atom. The van der Waals surface area contributed by atoms with Crippen molar-refractivity contribution in [2.45, 2.75) is 46.4 Å². The number of rotatable bonds is 9. The molecule has 0 saturated carbocycles. The van der Waals surface area contributed by atoms with Gasteiger partial charge in [-0.3, -0.25) is 9.36 Å². The number of thiazole rings is 1. The van der Waals surface area contributed by atoms with E-state index in [1.165, 1.54) is 11.3 Å². The van der Waals surface area contributed by atoms with E-state index in [1.807, 2.05) is 67.6 Å². The molecule has 44 heavy (non-hydrogen) atoms. The predicted octanol–water partition coefficient (Wildman–Crippen LogP) is 5.80. The Balaban J connectivity index is 1.52. The molecule has 1 atom stereocenters. The van der Waals surface area contributed by atoms with Gasteiger partial charge in [-0.15, -0.1) is 0 Å². The average molecular weight is 673 g/mol. The molecule has 0 radical (unpaired) electrons. The molecule has 0 bridgehead atoms. The van der Waals surface area contributed by atoms with E-state index in [0.717, 1.165) is 16.7 Å². The van der Waals surface area contributed by atoms with Crippen molar-refractivity contribution in [3.63, 3.8) is 0 Å². The van der Waals surface area contributed by atoms with Gasteiger partial charge >= 0.3 is 5.97 Å². The first kappa shape index (κ1) is 31.0. The van der Waals surface area contributed by atoms with Crippen molar-refractivity contribution in [1.29, 1.82) is 5.26 Å². The van der Waals surface area contributed by atoms with Crippen molar-refractivity contribution in [2.75, 3.05) is 6.61 Å². The molecule has 224 valence electrons. The summed E-state index contributed by atoms with van der Waals surface area (Å²) >= 11 is 4.84. The molecular formula is C34H30BrN3O5S. The normalized spacial score (nSPS) is 14.6. The van der Waals surface area contributed by atoms with Crippen LogP contribution in [0.5, 0.6) is 11.5 Å². The van der Waals surface area contributed by atoms with Crippen LogP contribution in [-0.2, 0) is 16.1 Å². The number of halogens is 1. The summed E-state index contributed by atoms with van der Waals surface area (Å²) in [5, 5.41) is 9.35. The van der Waals surface area contributed by atoms with E-state index in [0.29, 0.717) is 48.7 Å². The zero-order valence-electron chi connectivity index (χ0n) is 24.7. The number of hydrogen-bond donors (Lipinski definition) is 0. The van der Waals surface area contributed by atoms with Crippen LogP contribution in [0.3, 0.4) is 0 Å². The molecule has 10 heteroatoms.